The van der Waals surface area contributed by atoms with E-state index in [9.17, 15) is 4.79 Å². The standard InChI is InChI=1S/C16H21N5O/c1-13-5-7-14(8-6-13)16-17-19-21(18-16)12-9-15(22)20-10-3-2-4-11-20/h5-8H,2-4,9-12H2,1H3. The lowest BCUT2D eigenvalue weighted by Crippen LogP contribution is -2.36. The molecule has 0 atom stereocenters. The highest BCUT2D eigenvalue weighted by atomic mass is 16.2. The summed E-state index contributed by atoms with van der Waals surface area (Å²) in [7, 11) is 0. The maximum atomic E-state index is 12.1. The highest BCUT2D eigenvalue weighted by Crippen LogP contribution is 2.14. The van der Waals surface area contributed by atoms with Crippen molar-refractivity contribution < 1.29 is 4.79 Å². The first kappa shape index (κ1) is 14.7. The van der Waals surface area contributed by atoms with Gasteiger partial charge < -0.3 is 4.90 Å². The van der Waals surface area contributed by atoms with Gasteiger partial charge in [-0.05, 0) is 31.4 Å². The summed E-state index contributed by atoms with van der Waals surface area (Å²) in [5.74, 6) is 0.791. The molecule has 1 amide bonds. The molecule has 116 valence electrons. The fraction of sp³-hybridized carbons (Fsp3) is 0.500. The molecule has 1 fully saturated rings. The zero-order valence-corrected chi connectivity index (χ0v) is 12.9. The van der Waals surface area contributed by atoms with Crippen LogP contribution in [0, 0.1) is 6.92 Å². The molecule has 1 aromatic heterocycles. The lowest BCUT2D eigenvalue weighted by Gasteiger charge is -2.26. The minimum atomic E-state index is 0.189. The van der Waals surface area contributed by atoms with Gasteiger partial charge in [-0.1, -0.05) is 29.8 Å². The lowest BCUT2D eigenvalue weighted by molar-refractivity contribution is -0.132. The molecule has 2 aromatic rings. The summed E-state index contributed by atoms with van der Waals surface area (Å²) in [5, 5.41) is 12.5. The molecule has 1 aliphatic rings. The summed E-state index contributed by atoms with van der Waals surface area (Å²) >= 11 is 0. The Kier molecular flexibility index (Phi) is 4.46. The second-order valence-electron chi connectivity index (χ2n) is 5.77. The zero-order valence-electron chi connectivity index (χ0n) is 12.9. The van der Waals surface area contributed by atoms with E-state index in [0.29, 0.717) is 18.8 Å². The Morgan fingerprint density at radius 1 is 1.14 bits per heavy atom. The van der Waals surface area contributed by atoms with Crippen molar-refractivity contribution in [3.63, 3.8) is 0 Å². The number of piperidine rings is 1. The van der Waals surface area contributed by atoms with Gasteiger partial charge in [-0.25, -0.2) is 0 Å². The lowest BCUT2D eigenvalue weighted by atomic mass is 10.1. The van der Waals surface area contributed by atoms with E-state index >= 15 is 0 Å². The maximum absolute atomic E-state index is 12.1. The molecule has 0 saturated carbocycles. The Morgan fingerprint density at radius 3 is 2.59 bits per heavy atom. The van der Waals surface area contributed by atoms with Crippen LogP contribution in [0.1, 0.15) is 31.2 Å². The number of aromatic nitrogens is 4. The molecule has 0 N–H and O–H groups in total. The van der Waals surface area contributed by atoms with Crippen molar-refractivity contribution in [1.29, 1.82) is 0 Å². The Hall–Kier alpha value is -2.24. The summed E-state index contributed by atoms with van der Waals surface area (Å²) in [6, 6.07) is 8.01. The van der Waals surface area contributed by atoms with Gasteiger partial charge in [0, 0.05) is 25.1 Å². The molecule has 0 unspecified atom stereocenters. The molecular formula is C16H21N5O. The molecule has 6 nitrogen and oxygen atoms in total. The number of hydrogen-bond donors (Lipinski definition) is 0. The molecule has 2 heterocycles. The van der Waals surface area contributed by atoms with Crippen LogP contribution in [0.3, 0.4) is 0 Å². The average molecular weight is 299 g/mol. The van der Waals surface area contributed by atoms with E-state index in [2.05, 4.69) is 15.4 Å². The van der Waals surface area contributed by atoms with Crippen LogP contribution in [-0.2, 0) is 11.3 Å². The number of tetrazole rings is 1. The average Bonchev–Trinajstić information content (AvgIpc) is 3.03. The first-order chi connectivity index (χ1) is 10.7. The quantitative estimate of drug-likeness (QED) is 0.867. The Balaban J connectivity index is 1.57. The van der Waals surface area contributed by atoms with Gasteiger partial charge >= 0.3 is 0 Å². The van der Waals surface area contributed by atoms with Gasteiger partial charge in [0.2, 0.25) is 11.7 Å². The Morgan fingerprint density at radius 2 is 1.86 bits per heavy atom. The van der Waals surface area contributed by atoms with Gasteiger partial charge in [-0.2, -0.15) is 4.80 Å². The number of nitrogens with zero attached hydrogens (tertiary/aromatic N) is 5. The summed E-state index contributed by atoms with van der Waals surface area (Å²) in [6.45, 7) is 4.30. The van der Waals surface area contributed by atoms with Crippen molar-refractivity contribution >= 4 is 5.91 Å². The van der Waals surface area contributed by atoms with Crippen molar-refractivity contribution in [2.45, 2.75) is 39.2 Å². The molecule has 0 radical (unpaired) electrons. The summed E-state index contributed by atoms with van der Waals surface area (Å²) in [4.78, 5) is 15.6. The topological polar surface area (TPSA) is 63.9 Å². The third-order valence-electron chi connectivity index (χ3n) is 4.00. The van der Waals surface area contributed by atoms with Crippen LogP contribution in [0.15, 0.2) is 24.3 Å². The smallest absolute Gasteiger partial charge is 0.224 e. The SMILES string of the molecule is Cc1ccc(-c2nnn(CCC(=O)N3CCCCC3)n2)cc1. The van der Waals surface area contributed by atoms with Crippen molar-refractivity contribution in [1.82, 2.24) is 25.1 Å². The largest absolute Gasteiger partial charge is 0.343 e. The van der Waals surface area contributed by atoms with Crippen molar-refractivity contribution in [3.8, 4) is 11.4 Å². The molecule has 1 aromatic carbocycles. The third-order valence-corrected chi connectivity index (χ3v) is 4.00. The number of likely N-dealkylation sites (tertiary alicyclic amines) is 1. The molecule has 0 spiro atoms. The highest BCUT2D eigenvalue weighted by molar-refractivity contribution is 5.76. The van der Waals surface area contributed by atoms with Crippen LogP contribution in [0.4, 0.5) is 0 Å². The van der Waals surface area contributed by atoms with Crippen molar-refractivity contribution in [2.24, 2.45) is 0 Å². The van der Waals surface area contributed by atoms with E-state index in [1.54, 1.807) is 0 Å². The number of aryl methyl sites for hydroxylation is 2. The van der Waals surface area contributed by atoms with Gasteiger partial charge in [0.05, 0.1) is 6.54 Å². The monoisotopic (exact) mass is 299 g/mol. The second-order valence-corrected chi connectivity index (χ2v) is 5.77. The summed E-state index contributed by atoms with van der Waals surface area (Å²) < 4.78 is 0. The maximum Gasteiger partial charge on any atom is 0.224 e. The predicted octanol–water partition coefficient (Wildman–Crippen LogP) is 2.05. The number of amides is 1. The van der Waals surface area contributed by atoms with Gasteiger partial charge in [-0.3, -0.25) is 4.79 Å². The van der Waals surface area contributed by atoms with Crippen molar-refractivity contribution in [2.75, 3.05) is 13.1 Å². The van der Waals surface area contributed by atoms with E-state index in [1.807, 2.05) is 36.1 Å². The Labute approximate surface area is 130 Å². The van der Waals surface area contributed by atoms with E-state index in [-0.39, 0.29) is 5.91 Å². The van der Waals surface area contributed by atoms with E-state index in [0.717, 1.165) is 31.5 Å². The van der Waals surface area contributed by atoms with E-state index < -0.39 is 0 Å². The third kappa shape index (κ3) is 3.50. The van der Waals surface area contributed by atoms with Gasteiger partial charge in [0.25, 0.3) is 0 Å². The minimum Gasteiger partial charge on any atom is -0.343 e. The van der Waals surface area contributed by atoms with Gasteiger partial charge in [0.15, 0.2) is 0 Å². The minimum absolute atomic E-state index is 0.189. The van der Waals surface area contributed by atoms with Crippen LogP contribution in [0.2, 0.25) is 0 Å². The second kappa shape index (κ2) is 6.68. The first-order valence-electron chi connectivity index (χ1n) is 7.85. The number of benzene rings is 1. The Bertz CT molecular complexity index is 628. The number of hydrogen-bond acceptors (Lipinski definition) is 4. The van der Waals surface area contributed by atoms with E-state index in [4.69, 9.17) is 0 Å². The fourth-order valence-electron chi connectivity index (χ4n) is 2.65. The molecule has 0 bridgehead atoms. The number of rotatable bonds is 4. The molecule has 6 heteroatoms. The number of carbonyl (C=O) groups excluding carboxylic acids is 1. The molecule has 1 saturated heterocycles. The zero-order chi connectivity index (χ0) is 15.4. The van der Waals surface area contributed by atoms with Crippen LogP contribution in [-0.4, -0.2) is 44.1 Å². The highest BCUT2D eigenvalue weighted by Gasteiger charge is 2.16. The van der Waals surface area contributed by atoms with Gasteiger partial charge in [-0.15, -0.1) is 10.2 Å². The summed E-state index contributed by atoms with van der Waals surface area (Å²) in [5.41, 5.74) is 2.14. The van der Waals surface area contributed by atoms with Crippen LogP contribution >= 0.6 is 0 Å². The van der Waals surface area contributed by atoms with Crippen LogP contribution in [0.5, 0.6) is 0 Å². The van der Waals surface area contributed by atoms with Crippen LogP contribution in [0.25, 0.3) is 11.4 Å². The van der Waals surface area contributed by atoms with E-state index in [1.165, 1.54) is 16.8 Å². The molecule has 22 heavy (non-hydrogen) atoms. The molecule has 1 aliphatic heterocycles. The van der Waals surface area contributed by atoms with Crippen molar-refractivity contribution in [3.05, 3.63) is 29.8 Å². The predicted molar refractivity (Wildman–Crippen MR) is 83.0 cm³/mol. The fourth-order valence-corrected chi connectivity index (χ4v) is 2.65. The number of carbonyl (C=O) groups is 1. The molecular weight excluding hydrogens is 278 g/mol. The normalized spacial score (nSPS) is 15.0. The summed E-state index contributed by atoms with van der Waals surface area (Å²) in [6.07, 6.45) is 3.90. The first-order valence-corrected chi connectivity index (χ1v) is 7.85. The molecule has 3 rings (SSSR count). The molecule has 0 aliphatic carbocycles. The van der Waals surface area contributed by atoms with Crippen LogP contribution < -0.4 is 0 Å². The van der Waals surface area contributed by atoms with Gasteiger partial charge in [0.1, 0.15) is 0 Å².